The molecule has 0 amide bonds. The maximum atomic E-state index is 12.0. The van der Waals surface area contributed by atoms with E-state index in [1.54, 1.807) is 0 Å². The third-order valence-electron chi connectivity index (χ3n) is 2.69. The van der Waals surface area contributed by atoms with Gasteiger partial charge in [0, 0.05) is 0 Å². The lowest BCUT2D eigenvalue weighted by atomic mass is 9.99. The van der Waals surface area contributed by atoms with Gasteiger partial charge in [0.1, 0.15) is 5.54 Å². The first-order valence-electron chi connectivity index (χ1n) is 6.96. The number of carbonyl (C=O) groups excluding carboxylic acids is 1. The molecule has 4 heteroatoms. The minimum Gasteiger partial charge on any atom is -0.465 e. The van der Waals surface area contributed by atoms with Crippen molar-refractivity contribution < 1.29 is 9.53 Å². The fourth-order valence-electron chi connectivity index (χ4n) is 1.55. The molecule has 0 rings (SSSR count). The fraction of sp³-hybridized carbons (Fsp3) is 0.929. The van der Waals surface area contributed by atoms with Crippen LogP contribution in [0, 0.1) is 5.92 Å². The van der Waals surface area contributed by atoms with Gasteiger partial charge in [-0.1, -0.05) is 20.8 Å². The number of ether oxygens (including phenoxy) is 1. The second-order valence-corrected chi connectivity index (χ2v) is 6.35. The number of thioether (sulfide) groups is 1. The topological polar surface area (TPSA) is 38.3 Å². The Bertz CT molecular complexity index is 234. The highest BCUT2D eigenvalue weighted by Crippen LogP contribution is 2.18. The summed E-state index contributed by atoms with van der Waals surface area (Å²) >= 11 is 1.91. The normalized spacial score (nSPS) is 14.6. The van der Waals surface area contributed by atoms with Gasteiger partial charge in [-0.05, 0) is 50.7 Å². The molecule has 18 heavy (non-hydrogen) atoms. The summed E-state index contributed by atoms with van der Waals surface area (Å²) in [5, 5.41) is 3.33. The van der Waals surface area contributed by atoms with E-state index in [9.17, 15) is 4.79 Å². The summed E-state index contributed by atoms with van der Waals surface area (Å²) in [6, 6.07) is 0. The monoisotopic (exact) mass is 275 g/mol. The minimum atomic E-state index is -0.532. The van der Waals surface area contributed by atoms with Gasteiger partial charge in [-0.25, -0.2) is 0 Å². The Balaban J connectivity index is 4.24. The molecule has 3 nitrogen and oxygen atoms in total. The smallest absolute Gasteiger partial charge is 0.326 e. The molecule has 1 N–H and O–H groups in total. The maximum Gasteiger partial charge on any atom is 0.326 e. The second kappa shape index (κ2) is 9.68. The van der Waals surface area contributed by atoms with Crippen molar-refractivity contribution in [3.05, 3.63) is 0 Å². The molecular weight excluding hydrogens is 246 g/mol. The van der Waals surface area contributed by atoms with Crippen LogP contribution in [0.25, 0.3) is 0 Å². The average molecular weight is 275 g/mol. The Kier molecular flexibility index (Phi) is 9.56. The molecule has 0 radical (unpaired) electrons. The Hall–Kier alpha value is -0.220. The lowest BCUT2D eigenvalue weighted by molar-refractivity contribution is -0.150. The zero-order valence-electron chi connectivity index (χ0n) is 12.5. The third kappa shape index (κ3) is 7.27. The van der Waals surface area contributed by atoms with Crippen LogP contribution in [0.15, 0.2) is 0 Å². The average Bonchev–Trinajstić information content (AvgIpc) is 2.32. The van der Waals surface area contributed by atoms with Gasteiger partial charge < -0.3 is 10.1 Å². The van der Waals surface area contributed by atoms with E-state index in [-0.39, 0.29) is 5.97 Å². The van der Waals surface area contributed by atoms with Crippen LogP contribution in [-0.2, 0) is 9.53 Å². The zero-order valence-corrected chi connectivity index (χ0v) is 13.4. The van der Waals surface area contributed by atoms with Crippen LogP contribution in [0.4, 0.5) is 0 Å². The zero-order chi connectivity index (χ0) is 14.0. The second-order valence-electron chi connectivity index (χ2n) is 5.20. The molecule has 0 aromatic heterocycles. The van der Waals surface area contributed by atoms with Crippen molar-refractivity contribution in [2.24, 2.45) is 5.92 Å². The summed E-state index contributed by atoms with van der Waals surface area (Å²) < 4.78 is 5.17. The van der Waals surface area contributed by atoms with Crippen LogP contribution >= 0.6 is 11.8 Å². The van der Waals surface area contributed by atoms with Crippen LogP contribution < -0.4 is 5.32 Å². The van der Waals surface area contributed by atoms with Crippen molar-refractivity contribution in [2.45, 2.75) is 53.0 Å². The van der Waals surface area contributed by atoms with Gasteiger partial charge in [0.25, 0.3) is 0 Å². The van der Waals surface area contributed by atoms with Crippen LogP contribution in [-0.4, -0.2) is 36.2 Å². The van der Waals surface area contributed by atoms with Crippen molar-refractivity contribution >= 4 is 17.7 Å². The van der Waals surface area contributed by atoms with Gasteiger partial charge in [-0.2, -0.15) is 11.8 Å². The summed E-state index contributed by atoms with van der Waals surface area (Å²) in [6.45, 7) is 11.6. The minimum absolute atomic E-state index is 0.122. The van der Waals surface area contributed by atoms with Gasteiger partial charge in [0.05, 0.1) is 6.61 Å². The number of hydrogen-bond donors (Lipinski definition) is 1. The van der Waals surface area contributed by atoms with E-state index < -0.39 is 5.54 Å². The first-order chi connectivity index (χ1) is 8.46. The van der Waals surface area contributed by atoms with Gasteiger partial charge >= 0.3 is 5.97 Å². The molecule has 0 saturated heterocycles. The number of esters is 1. The van der Waals surface area contributed by atoms with E-state index in [0.717, 1.165) is 30.9 Å². The molecular formula is C14H29NO2S. The van der Waals surface area contributed by atoms with Gasteiger partial charge in [-0.15, -0.1) is 0 Å². The number of hydrogen-bond acceptors (Lipinski definition) is 4. The van der Waals surface area contributed by atoms with Crippen molar-refractivity contribution in [2.75, 3.05) is 24.7 Å². The van der Waals surface area contributed by atoms with E-state index in [1.165, 1.54) is 0 Å². The fourth-order valence-corrected chi connectivity index (χ4v) is 2.74. The molecule has 0 spiro atoms. The Morgan fingerprint density at radius 1 is 1.39 bits per heavy atom. The molecule has 108 valence electrons. The molecule has 0 aromatic carbocycles. The standard InChI is InChI=1S/C14H29NO2S/c1-6-9-15-14(5,13(16)17-7-2)8-10-18-11-12(3)4/h12,15H,6-11H2,1-5H3. The lowest BCUT2D eigenvalue weighted by Gasteiger charge is -2.28. The molecule has 1 unspecified atom stereocenters. The van der Waals surface area contributed by atoms with Gasteiger partial charge in [0.15, 0.2) is 0 Å². The van der Waals surface area contributed by atoms with E-state index in [0.29, 0.717) is 12.5 Å². The highest BCUT2D eigenvalue weighted by molar-refractivity contribution is 7.99. The van der Waals surface area contributed by atoms with Gasteiger partial charge in [0.2, 0.25) is 0 Å². The summed E-state index contributed by atoms with van der Waals surface area (Å²) in [4.78, 5) is 12.0. The van der Waals surface area contributed by atoms with Crippen LogP contribution in [0.1, 0.15) is 47.5 Å². The predicted molar refractivity (Wildman–Crippen MR) is 80.1 cm³/mol. The van der Waals surface area contributed by atoms with Crippen molar-refractivity contribution in [3.8, 4) is 0 Å². The van der Waals surface area contributed by atoms with Crippen molar-refractivity contribution in [1.29, 1.82) is 0 Å². The number of rotatable bonds is 10. The van der Waals surface area contributed by atoms with Crippen LogP contribution in [0.5, 0.6) is 0 Å². The molecule has 1 atom stereocenters. The SMILES string of the molecule is CCCNC(C)(CCSCC(C)C)C(=O)OCC. The molecule has 0 aliphatic rings. The maximum absolute atomic E-state index is 12.0. The van der Waals surface area contributed by atoms with E-state index in [1.807, 2.05) is 25.6 Å². The highest BCUT2D eigenvalue weighted by Gasteiger charge is 2.33. The quantitative estimate of drug-likeness (QED) is 0.491. The first-order valence-corrected chi connectivity index (χ1v) is 8.11. The van der Waals surface area contributed by atoms with Gasteiger partial charge in [-0.3, -0.25) is 4.79 Å². The van der Waals surface area contributed by atoms with Crippen molar-refractivity contribution in [3.63, 3.8) is 0 Å². The summed E-state index contributed by atoms with van der Waals surface area (Å²) in [7, 11) is 0. The Labute approximate surface area is 116 Å². The summed E-state index contributed by atoms with van der Waals surface area (Å²) in [6.07, 6.45) is 1.84. The molecule has 0 saturated carbocycles. The molecule has 0 aliphatic carbocycles. The Morgan fingerprint density at radius 3 is 2.56 bits per heavy atom. The van der Waals surface area contributed by atoms with E-state index in [4.69, 9.17) is 4.74 Å². The van der Waals surface area contributed by atoms with Crippen LogP contribution in [0.2, 0.25) is 0 Å². The van der Waals surface area contributed by atoms with E-state index >= 15 is 0 Å². The first kappa shape index (κ1) is 17.8. The largest absolute Gasteiger partial charge is 0.465 e. The molecule has 0 bridgehead atoms. The lowest BCUT2D eigenvalue weighted by Crippen LogP contribution is -2.51. The highest BCUT2D eigenvalue weighted by atomic mass is 32.2. The molecule has 0 heterocycles. The summed E-state index contributed by atoms with van der Waals surface area (Å²) in [5.41, 5.74) is -0.532. The molecule has 0 fully saturated rings. The molecule has 0 aromatic rings. The summed E-state index contributed by atoms with van der Waals surface area (Å²) in [5.74, 6) is 2.72. The number of carbonyl (C=O) groups is 1. The number of nitrogens with one attached hydrogen (secondary N) is 1. The Morgan fingerprint density at radius 2 is 2.06 bits per heavy atom. The predicted octanol–water partition coefficient (Wildman–Crippen LogP) is 3.09. The third-order valence-corrected chi connectivity index (χ3v) is 4.08. The van der Waals surface area contributed by atoms with Crippen molar-refractivity contribution in [1.82, 2.24) is 5.32 Å². The van der Waals surface area contributed by atoms with E-state index in [2.05, 4.69) is 26.1 Å². The van der Waals surface area contributed by atoms with Crippen LogP contribution in [0.3, 0.4) is 0 Å². The molecule has 0 aliphatic heterocycles.